The lowest BCUT2D eigenvalue weighted by atomic mass is 9.71. The summed E-state index contributed by atoms with van der Waals surface area (Å²) in [6, 6.07) is 9.33. The number of fused-ring (bicyclic) bond motifs is 4. The third-order valence-electron chi connectivity index (χ3n) is 9.03. The lowest BCUT2D eigenvalue weighted by Crippen LogP contribution is -2.62. The standard InChI is InChI=1S/C19H21ClFN3O5.C14H11ClFN3O2/c1-18(2,3)19(7-10(21)8-24(19)17(27)28)16(26)23-13-11-6-9(20)4-5-12(11)29-14(13)15(22)25;15-6-1-2-10-8(3-6)11-12(21-10)14(20)19-13(18-11)9-4-7(16)5-17-9/h4-6,10H,7-8H2,1-3H3,(H2,22,25)(H,23,26)(H,27,28);1-3,7,9,17H,4-5H2,(H,18,19,20)/t10-,19-;7-,9+/m11/s1. The minimum absolute atomic E-state index is 0.0312. The number of carbonyl (C=O) groups excluding carboxylic acids is 2. The molecule has 0 bridgehead atoms. The first kappa shape index (κ1) is 35.1. The van der Waals surface area contributed by atoms with Crippen molar-refractivity contribution in [2.24, 2.45) is 11.1 Å². The van der Waals surface area contributed by atoms with E-state index in [1.54, 1.807) is 39.0 Å². The molecule has 3 amide bonds. The summed E-state index contributed by atoms with van der Waals surface area (Å²) in [7, 11) is 0. The van der Waals surface area contributed by atoms with E-state index in [2.05, 4.69) is 20.6 Å². The molecule has 50 heavy (non-hydrogen) atoms. The van der Waals surface area contributed by atoms with E-state index in [-0.39, 0.29) is 47.2 Å². The number of nitrogens with two attached hydrogens (primary N) is 1. The molecule has 5 aromatic rings. The van der Waals surface area contributed by atoms with Gasteiger partial charge in [-0.3, -0.25) is 19.3 Å². The summed E-state index contributed by atoms with van der Waals surface area (Å²) in [5.74, 6) is -1.59. The second-order valence-electron chi connectivity index (χ2n) is 13.2. The van der Waals surface area contributed by atoms with Crippen molar-refractivity contribution < 1.29 is 37.1 Å². The molecule has 7 rings (SSSR count). The zero-order chi connectivity index (χ0) is 36.3. The minimum atomic E-state index is -1.71. The number of aromatic amines is 1. The van der Waals surface area contributed by atoms with Crippen LogP contribution in [0.4, 0.5) is 19.3 Å². The number of furan rings is 2. The highest BCUT2D eigenvalue weighted by molar-refractivity contribution is 6.32. The van der Waals surface area contributed by atoms with Crippen LogP contribution in [0, 0.1) is 5.41 Å². The first-order chi connectivity index (χ1) is 23.5. The van der Waals surface area contributed by atoms with Gasteiger partial charge < -0.3 is 35.3 Å². The van der Waals surface area contributed by atoms with Crippen LogP contribution in [-0.2, 0) is 4.79 Å². The number of aromatic nitrogens is 2. The Morgan fingerprint density at radius 1 is 1.06 bits per heavy atom. The van der Waals surface area contributed by atoms with Crippen molar-refractivity contribution >= 4 is 79.8 Å². The number of hydrogen-bond acceptors (Lipinski definition) is 8. The van der Waals surface area contributed by atoms with E-state index in [4.69, 9.17) is 37.8 Å². The van der Waals surface area contributed by atoms with E-state index in [0.29, 0.717) is 44.2 Å². The van der Waals surface area contributed by atoms with Crippen LogP contribution in [0.15, 0.2) is 50.0 Å². The molecule has 5 heterocycles. The number of primary amides is 1. The molecule has 2 aliphatic heterocycles. The Hall–Kier alpha value is -4.73. The number of H-pyrrole nitrogens is 1. The molecule has 2 aromatic carbocycles. The molecule has 0 spiro atoms. The van der Waals surface area contributed by atoms with Crippen LogP contribution in [0.2, 0.25) is 10.0 Å². The fourth-order valence-corrected chi connectivity index (χ4v) is 7.00. The van der Waals surface area contributed by atoms with E-state index in [0.717, 1.165) is 4.90 Å². The second kappa shape index (κ2) is 12.9. The van der Waals surface area contributed by atoms with Crippen LogP contribution >= 0.6 is 23.2 Å². The highest BCUT2D eigenvalue weighted by Gasteiger charge is 2.60. The molecular weight excluding hydrogens is 701 g/mol. The number of halogens is 4. The number of carbonyl (C=O) groups is 3. The molecule has 17 heteroatoms. The van der Waals surface area contributed by atoms with Crippen LogP contribution in [0.25, 0.3) is 33.0 Å². The molecule has 3 aromatic heterocycles. The van der Waals surface area contributed by atoms with Crippen molar-refractivity contribution in [3.63, 3.8) is 0 Å². The van der Waals surface area contributed by atoms with Crippen molar-refractivity contribution in [1.82, 2.24) is 20.2 Å². The molecule has 2 saturated heterocycles. The molecule has 0 unspecified atom stereocenters. The van der Waals surface area contributed by atoms with Crippen LogP contribution in [0.3, 0.4) is 0 Å². The Labute approximate surface area is 292 Å². The van der Waals surface area contributed by atoms with Gasteiger partial charge in [-0.05, 0) is 41.8 Å². The van der Waals surface area contributed by atoms with Gasteiger partial charge in [-0.15, -0.1) is 0 Å². The molecule has 0 aliphatic carbocycles. The normalized spacial score (nSPS) is 22.2. The third kappa shape index (κ3) is 6.13. The molecule has 13 nitrogen and oxygen atoms in total. The average molecular weight is 734 g/mol. The van der Waals surface area contributed by atoms with Crippen molar-refractivity contribution in [1.29, 1.82) is 0 Å². The maximum absolute atomic E-state index is 14.3. The van der Waals surface area contributed by atoms with Gasteiger partial charge in [0.25, 0.3) is 17.4 Å². The predicted octanol–water partition coefficient (Wildman–Crippen LogP) is 6.33. The summed E-state index contributed by atoms with van der Waals surface area (Å²) in [6.45, 7) is 4.80. The Balaban J connectivity index is 0.000000181. The first-order valence-corrected chi connectivity index (χ1v) is 16.2. The first-order valence-electron chi connectivity index (χ1n) is 15.5. The average Bonchev–Trinajstić information content (AvgIpc) is 3.81. The lowest BCUT2D eigenvalue weighted by molar-refractivity contribution is -0.132. The number of rotatable bonds is 4. The highest BCUT2D eigenvalue weighted by Crippen LogP contribution is 2.46. The molecule has 2 fully saturated rings. The van der Waals surface area contributed by atoms with Crippen molar-refractivity contribution in [3.8, 4) is 0 Å². The van der Waals surface area contributed by atoms with E-state index >= 15 is 0 Å². The topological polar surface area (TPSA) is 197 Å². The predicted molar refractivity (Wildman–Crippen MR) is 182 cm³/mol. The summed E-state index contributed by atoms with van der Waals surface area (Å²) in [4.78, 5) is 57.2. The van der Waals surface area contributed by atoms with Gasteiger partial charge in [0.15, 0.2) is 0 Å². The molecule has 0 radical (unpaired) electrons. The van der Waals surface area contributed by atoms with Crippen molar-refractivity contribution in [2.45, 2.75) is 57.5 Å². The minimum Gasteiger partial charge on any atom is -0.465 e. The number of amides is 3. The second-order valence-corrected chi connectivity index (χ2v) is 14.1. The number of carboxylic acid groups (broad SMARTS) is 1. The monoisotopic (exact) mass is 732 g/mol. The largest absolute Gasteiger partial charge is 0.465 e. The molecule has 2 aliphatic rings. The number of benzene rings is 2. The van der Waals surface area contributed by atoms with Crippen LogP contribution in [0.5, 0.6) is 0 Å². The maximum Gasteiger partial charge on any atom is 0.408 e. The Morgan fingerprint density at radius 3 is 2.28 bits per heavy atom. The lowest BCUT2D eigenvalue weighted by Gasteiger charge is -2.45. The highest BCUT2D eigenvalue weighted by atomic mass is 35.5. The van der Waals surface area contributed by atoms with Gasteiger partial charge in [0.05, 0.1) is 12.6 Å². The maximum atomic E-state index is 14.3. The molecule has 4 atom stereocenters. The fraction of sp³-hybridized carbons (Fsp3) is 0.364. The van der Waals surface area contributed by atoms with Crippen LogP contribution in [0.1, 0.15) is 56.0 Å². The van der Waals surface area contributed by atoms with Crippen molar-refractivity contribution in [3.05, 3.63) is 68.4 Å². The van der Waals surface area contributed by atoms with Gasteiger partial charge in [-0.1, -0.05) is 44.0 Å². The van der Waals surface area contributed by atoms with E-state index in [9.17, 15) is 33.1 Å². The van der Waals surface area contributed by atoms with Gasteiger partial charge in [-0.2, -0.15) is 0 Å². The zero-order valence-corrected chi connectivity index (χ0v) is 28.4. The quantitative estimate of drug-likeness (QED) is 0.140. The zero-order valence-electron chi connectivity index (χ0n) is 26.9. The summed E-state index contributed by atoms with van der Waals surface area (Å²) >= 11 is 12.0. The number of likely N-dealkylation sites (tertiary alicyclic amines) is 1. The molecular formula is C33H32Cl2F2N6O7. The van der Waals surface area contributed by atoms with E-state index < -0.39 is 47.7 Å². The summed E-state index contributed by atoms with van der Waals surface area (Å²) in [5.41, 5.74) is 3.73. The Morgan fingerprint density at radius 2 is 1.70 bits per heavy atom. The fourth-order valence-electron chi connectivity index (χ4n) is 6.65. The number of anilines is 1. The van der Waals surface area contributed by atoms with Crippen molar-refractivity contribution in [2.75, 3.05) is 18.4 Å². The van der Waals surface area contributed by atoms with Gasteiger partial charge in [0.2, 0.25) is 11.3 Å². The number of alkyl halides is 2. The number of nitrogens with one attached hydrogen (secondary N) is 3. The summed E-state index contributed by atoms with van der Waals surface area (Å²) in [5, 5.41) is 17.1. The SMILES string of the molecule is CC(C)(C)[C@]1(C(=O)Nc2c(C(N)=O)oc3ccc(Cl)cc23)C[C@@H](F)CN1C(=O)O.O=c1[nH]c([C@@H]2C[C@@H](F)CN2)nc2c1oc1ccc(Cl)cc12. The molecule has 0 saturated carbocycles. The molecule has 6 N–H and O–H groups in total. The Bertz CT molecular complexity index is 2230. The van der Waals surface area contributed by atoms with Gasteiger partial charge in [0, 0.05) is 40.2 Å². The van der Waals surface area contributed by atoms with E-state index in [1.807, 2.05) is 0 Å². The van der Waals surface area contributed by atoms with Gasteiger partial charge in [0.1, 0.15) is 46.1 Å². The van der Waals surface area contributed by atoms with Gasteiger partial charge in [-0.25, -0.2) is 18.6 Å². The van der Waals surface area contributed by atoms with Crippen LogP contribution < -0.4 is 21.9 Å². The summed E-state index contributed by atoms with van der Waals surface area (Å²) < 4.78 is 38.6. The number of nitrogens with zero attached hydrogens (tertiary/aromatic N) is 2. The van der Waals surface area contributed by atoms with E-state index in [1.165, 1.54) is 18.2 Å². The molecule has 264 valence electrons. The van der Waals surface area contributed by atoms with Gasteiger partial charge >= 0.3 is 6.09 Å². The Kier molecular flexibility index (Phi) is 9.03. The smallest absolute Gasteiger partial charge is 0.408 e. The third-order valence-corrected chi connectivity index (χ3v) is 9.50. The number of hydrogen-bond donors (Lipinski definition) is 5. The van der Waals surface area contributed by atoms with Crippen LogP contribution in [-0.4, -0.2) is 68.9 Å². The summed E-state index contributed by atoms with van der Waals surface area (Å²) in [6.07, 6.45) is -3.87.